The minimum atomic E-state index is -1.03. The summed E-state index contributed by atoms with van der Waals surface area (Å²) in [7, 11) is 1.01. The van der Waals surface area contributed by atoms with Crippen molar-refractivity contribution in [3.05, 3.63) is 59.2 Å². The molecule has 5 nitrogen and oxygen atoms in total. The van der Waals surface area contributed by atoms with Crippen LogP contribution in [0.3, 0.4) is 0 Å². The first-order chi connectivity index (χ1) is 11.6. The molecule has 0 saturated carbocycles. The molecule has 0 bridgehead atoms. The summed E-state index contributed by atoms with van der Waals surface area (Å²) in [5.41, 5.74) is 2.07. The highest BCUT2D eigenvalue weighted by molar-refractivity contribution is 7.87. The molecule has 1 aliphatic heterocycles. The maximum atomic E-state index is 11.6. The van der Waals surface area contributed by atoms with E-state index in [0.717, 1.165) is 15.4 Å². The largest absolute Gasteiger partial charge is 0.476 e. The van der Waals surface area contributed by atoms with Crippen molar-refractivity contribution in [2.75, 3.05) is 0 Å². The molecule has 4 rings (SSSR count). The van der Waals surface area contributed by atoms with Crippen molar-refractivity contribution in [1.82, 2.24) is 9.78 Å². The highest BCUT2D eigenvalue weighted by Crippen LogP contribution is 2.43. The summed E-state index contributed by atoms with van der Waals surface area (Å²) in [6.07, 6.45) is 0. The van der Waals surface area contributed by atoms with Crippen molar-refractivity contribution in [2.24, 2.45) is 11.4 Å². The number of carboxylic acids is 1. The molecule has 120 valence electrons. The number of benzene rings is 2. The van der Waals surface area contributed by atoms with Crippen molar-refractivity contribution in [2.45, 2.75) is 9.79 Å². The van der Waals surface area contributed by atoms with Crippen LogP contribution in [0.2, 0.25) is 5.02 Å². The predicted octanol–water partition coefficient (Wildman–Crippen LogP) is 4.30. The first kappa shape index (κ1) is 15.1. The number of rotatable bonds is 2. The number of hydrogen-bond donors (Lipinski definition) is 1. The van der Waals surface area contributed by atoms with Crippen LogP contribution in [-0.2, 0) is 17.7 Å². The SMILES string of the molecule is Cn1nc2c(c1C(=O)O)N=S(c1ccc(Cl)cc1)c1ccccc1-2. The number of halogens is 1. The van der Waals surface area contributed by atoms with Crippen LogP contribution in [0.25, 0.3) is 11.3 Å². The van der Waals surface area contributed by atoms with Gasteiger partial charge < -0.3 is 5.11 Å². The smallest absolute Gasteiger partial charge is 0.356 e. The molecule has 0 spiro atoms. The fourth-order valence-corrected chi connectivity index (χ4v) is 4.65. The van der Waals surface area contributed by atoms with E-state index < -0.39 is 16.7 Å². The van der Waals surface area contributed by atoms with Crippen molar-refractivity contribution in [3.8, 4) is 11.3 Å². The summed E-state index contributed by atoms with van der Waals surface area (Å²) >= 11 is 5.98. The van der Waals surface area contributed by atoms with Gasteiger partial charge in [0.1, 0.15) is 11.4 Å². The quantitative estimate of drug-likeness (QED) is 0.581. The lowest BCUT2D eigenvalue weighted by Crippen LogP contribution is -2.05. The van der Waals surface area contributed by atoms with Crippen LogP contribution in [0.5, 0.6) is 0 Å². The molecule has 2 heterocycles. The van der Waals surface area contributed by atoms with Crippen molar-refractivity contribution < 1.29 is 9.90 Å². The molecule has 0 radical (unpaired) electrons. The topological polar surface area (TPSA) is 67.5 Å². The van der Waals surface area contributed by atoms with E-state index in [0.29, 0.717) is 16.4 Å². The van der Waals surface area contributed by atoms with Crippen LogP contribution in [0, 0.1) is 0 Å². The van der Waals surface area contributed by atoms with Gasteiger partial charge in [0.2, 0.25) is 0 Å². The molecule has 0 fully saturated rings. The Labute approximate surface area is 145 Å². The van der Waals surface area contributed by atoms with Crippen LogP contribution < -0.4 is 0 Å². The monoisotopic (exact) mass is 357 g/mol. The summed E-state index contributed by atoms with van der Waals surface area (Å²) < 4.78 is 6.13. The number of aromatic nitrogens is 2. The molecular weight excluding hydrogens is 346 g/mol. The first-order valence-corrected chi connectivity index (χ1v) is 8.73. The van der Waals surface area contributed by atoms with Gasteiger partial charge in [-0.25, -0.2) is 9.16 Å². The maximum absolute atomic E-state index is 11.6. The van der Waals surface area contributed by atoms with E-state index in [4.69, 9.17) is 16.0 Å². The zero-order valence-electron chi connectivity index (χ0n) is 12.6. The number of aryl methyl sites for hydroxylation is 1. The van der Waals surface area contributed by atoms with E-state index in [-0.39, 0.29) is 5.69 Å². The van der Waals surface area contributed by atoms with Gasteiger partial charge in [-0.15, -0.1) is 0 Å². The van der Waals surface area contributed by atoms with E-state index >= 15 is 0 Å². The molecule has 1 N–H and O–H groups in total. The Morgan fingerprint density at radius 1 is 1.17 bits per heavy atom. The van der Waals surface area contributed by atoms with Crippen LogP contribution in [-0.4, -0.2) is 20.9 Å². The second kappa shape index (κ2) is 5.58. The number of fused-ring (bicyclic) bond motifs is 3. The van der Waals surface area contributed by atoms with E-state index in [2.05, 4.69) is 5.10 Å². The lowest BCUT2D eigenvalue weighted by molar-refractivity contribution is 0.0686. The van der Waals surface area contributed by atoms with Gasteiger partial charge in [0.05, 0.1) is 0 Å². The van der Waals surface area contributed by atoms with Crippen molar-refractivity contribution in [3.63, 3.8) is 0 Å². The molecule has 1 unspecified atom stereocenters. The van der Waals surface area contributed by atoms with Crippen molar-refractivity contribution >= 4 is 33.9 Å². The number of aromatic carboxylic acids is 1. The fraction of sp³-hybridized carbons (Fsp3) is 0.0588. The van der Waals surface area contributed by atoms with Crippen LogP contribution in [0.4, 0.5) is 5.69 Å². The molecular formula is C17H12ClN3O2S. The average molecular weight is 358 g/mol. The van der Waals surface area contributed by atoms with Gasteiger partial charge in [0.25, 0.3) is 0 Å². The Kier molecular flexibility index (Phi) is 3.51. The van der Waals surface area contributed by atoms with E-state index in [1.54, 1.807) is 7.05 Å². The summed E-state index contributed by atoms with van der Waals surface area (Å²) in [6, 6.07) is 15.3. The van der Waals surface area contributed by atoms with Crippen LogP contribution in [0.1, 0.15) is 10.5 Å². The zero-order valence-corrected chi connectivity index (χ0v) is 14.2. The van der Waals surface area contributed by atoms with Gasteiger partial charge in [0, 0.05) is 27.4 Å². The molecule has 0 amide bonds. The van der Waals surface area contributed by atoms with Crippen LogP contribution >= 0.6 is 11.6 Å². The third-order valence-electron chi connectivity index (χ3n) is 3.79. The molecule has 3 aromatic rings. The van der Waals surface area contributed by atoms with Gasteiger partial charge in [-0.1, -0.05) is 29.8 Å². The Morgan fingerprint density at radius 2 is 1.88 bits per heavy atom. The summed E-state index contributed by atoms with van der Waals surface area (Å²) in [4.78, 5) is 13.6. The summed E-state index contributed by atoms with van der Waals surface area (Å²) in [6.45, 7) is 0. The number of hydrogen-bond acceptors (Lipinski definition) is 3. The van der Waals surface area contributed by atoms with E-state index in [9.17, 15) is 9.90 Å². The molecule has 7 heteroatoms. The van der Waals surface area contributed by atoms with Gasteiger partial charge >= 0.3 is 5.97 Å². The fourth-order valence-electron chi connectivity index (χ4n) is 2.73. The minimum absolute atomic E-state index is 0.103. The second-order valence-electron chi connectivity index (χ2n) is 5.30. The van der Waals surface area contributed by atoms with E-state index in [1.807, 2.05) is 48.5 Å². The van der Waals surface area contributed by atoms with Crippen molar-refractivity contribution in [1.29, 1.82) is 0 Å². The molecule has 0 saturated heterocycles. The molecule has 2 aromatic carbocycles. The van der Waals surface area contributed by atoms with Crippen LogP contribution in [0.15, 0.2) is 62.7 Å². The Morgan fingerprint density at radius 3 is 2.58 bits per heavy atom. The molecule has 1 aliphatic rings. The normalized spacial score (nSPS) is 15.3. The summed E-state index contributed by atoms with van der Waals surface area (Å²) in [5.74, 6) is -1.03. The number of carbonyl (C=O) groups is 1. The van der Waals surface area contributed by atoms with Gasteiger partial charge in [-0.05, 0) is 41.0 Å². The number of nitrogens with zero attached hydrogens (tertiary/aromatic N) is 3. The lowest BCUT2D eigenvalue weighted by atomic mass is 10.1. The molecule has 0 aliphatic carbocycles. The molecule has 1 atom stereocenters. The molecule has 24 heavy (non-hydrogen) atoms. The standard InChI is InChI=1S/C17H12ClN3O2S/c1-21-16(17(22)23)15-14(19-21)12-4-2-3-5-13(12)24(20-15)11-8-6-10(18)7-9-11/h2-9H,1H3,(H,22,23). The number of carboxylic acid groups (broad SMARTS) is 1. The summed E-state index contributed by atoms with van der Waals surface area (Å²) in [5, 5.41) is 14.6. The minimum Gasteiger partial charge on any atom is -0.476 e. The third-order valence-corrected chi connectivity index (χ3v) is 5.90. The third kappa shape index (κ3) is 2.26. The van der Waals surface area contributed by atoms with Gasteiger partial charge in [0.15, 0.2) is 5.69 Å². The Hall–Kier alpha value is -2.44. The first-order valence-electron chi connectivity index (χ1n) is 7.17. The highest BCUT2D eigenvalue weighted by atomic mass is 35.5. The highest BCUT2D eigenvalue weighted by Gasteiger charge is 2.28. The van der Waals surface area contributed by atoms with E-state index in [1.165, 1.54) is 4.68 Å². The Bertz CT molecular complexity index is 1010. The zero-order chi connectivity index (χ0) is 16.8. The van der Waals surface area contributed by atoms with Gasteiger partial charge in [-0.3, -0.25) is 4.68 Å². The predicted molar refractivity (Wildman–Crippen MR) is 93.0 cm³/mol. The second-order valence-corrected chi connectivity index (χ2v) is 7.40. The van der Waals surface area contributed by atoms with Gasteiger partial charge in [-0.2, -0.15) is 5.10 Å². The maximum Gasteiger partial charge on any atom is 0.356 e. The lowest BCUT2D eigenvalue weighted by Gasteiger charge is -2.17. The average Bonchev–Trinajstić information content (AvgIpc) is 2.91. The Balaban J connectivity index is 2.04. The molecule has 1 aromatic heterocycles.